The van der Waals surface area contributed by atoms with Gasteiger partial charge in [-0.1, -0.05) is 54.1 Å². The number of carbonyl (C=O) groups excluding carboxylic acids is 5. The van der Waals surface area contributed by atoms with Crippen LogP contribution >= 0.6 is 11.6 Å². The minimum Gasteiger partial charge on any atom is -0.421 e. The molecule has 6 rings (SSSR count). The summed E-state index contributed by atoms with van der Waals surface area (Å²) >= 11 is 6.25. The summed E-state index contributed by atoms with van der Waals surface area (Å²) in [5.74, 6) is -8.13. The van der Waals surface area contributed by atoms with Crippen LogP contribution in [0.3, 0.4) is 0 Å². The van der Waals surface area contributed by atoms with Gasteiger partial charge < -0.3 is 23.7 Å². The molecule has 3 aromatic carbocycles. The van der Waals surface area contributed by atoms with Crippen molar-refractivity contribution in [2.24, 2.45) is 0 Å². The first-order chi connectivity index (χ1) is 27.9. The maximum atomic E-state index is 14.4. The zero-order valence-electron chi connectivity index (χ0n) is 29.8. The summed E-state index contributed by atoms with van der Waals surface area (Å²) in [7, 11) is 0. The number of benzene rings is 3. The Bertz CT molecular complexity index is 2620. The Morgan fingerprint density at radius 2 is 1.19 bits per heavy atom. The monoisotopic (exact) mass is 808 g/mol. The molecule has 0 aliphatic heterocycles. The second-order valence-electron chi connectivity index (χ2n) is 11.7. The van der Waals surface area contributed by atoms with Gasteiger partial charge in [-0.2, -0.15) is 13.9 Å². The summed E-state index contributed by atoms with van der Waals surface area (Å²) in [6.07, 6.45) is 1.62. The summed E-state index contributed by atoms with van der Waals surface area (Å²) in [6, 6.07) is 23.5. The van der Waals surface area contributed by atoms with Gasteiger partial charge in [0, 0.05) is 30.4 Å². The lowest BCUT2D eigenvalue weighted by Gasteiger charge is -2.11. The number of carbonyl (C=O) groups is 5. The number of hydrogen-bond acceptors (Lipinski definition) is 14. The predicted molar refractivity (Wildman–Crippen MR) is 199 cm³/mol. The van der Waals surface area contributed by atoms with E-state index >= 15 is 0 Å². The number of rotatable bonds is 12. The molecule has 0 amide bonds. The molecule has 0 saturated heterocycles. The summed E-state index contributed by atoms with van der Waals surface area (Å²) in [6.45, 7) is 1.35. The van der Waals surface area contributed by atoms with E-state index in [1.54, 1.807) is 43.3 Å². The molecule has 16 nitrogen and oxygen atoms in total. The van der Waals surface area contributed by atoms with Gasteiger partial charge in [0.15, 0.2) is 5.75 Å². The summed E-state index contributed by atoms with van der Waals surface area (Å²) in [5, 5.41) is -0.211. The van der Waals surface area contributed by atoms with E-state index in [1.807, 2.05) is 0 Å². The predicted octanol–water partition coefficient (Wildman–Crippen LogP) is 5.15. The van der Waals surface area contributed by atoms with Gasteiger partial charge in [-0.15, -0.1) is 0 Å². The first-order valence-electron chi connectivity index (χ1n) is 16.8. The fraction of sp³-hybridized carbons (Fsp3) is 0.0750. The molecule has 3 heterocycles. The maximum Gasteiger partial charge on any atom is 0.344 e. The van der Waals surface area contributed by atoms with Crippen LogP contribution in [-0.2, 0) is 11.5 Å². The van der Waals surface area contributed by atoms with Crippen molar-refractivity contribution in [3.63, 3.8) is 0 Å². The third kappa shape index (κ3) is 9.41. The van der Waals surface area contributed by atoms with Gasteiger partial charge in [0.2, 0.25) is 23.5 Å². The molecule has 0 atom stereocenters. The van der Waals surface area contributed by atoms with Crippen LogP contribution in [0.2, 0.25) is 5.02 Å². The number of ether oxygens (including phenoxy) is 5. The molecule has 0 saturated carbocycles. The van der Waals surface area contributed by atoms with E-state index in [9.17, 15) is 38.0 Å². The average molecular weight is 809 g/mol. The van der Waals surface area contributed by atoms with Crippen LogP contribution in [0.5, 0.6) is 23.4 Å². The maximum absolute atomic E-state index is 14.4. The zero-order valence-corrected chi connectivity index (χ0v) is 30.6. The third-order valence-electron chi connectivity index (χ3n) is 7.72. The molecule has 0 radical (unpaired) electrons. The quantitative estimate of drug-likeness (QED) is 0.147. The Balaban J connectivity index is 1.22. The van der Waals surface area contributed by atoms with E-state index in [0.29, 0.717) is 10.8 Å². The molecular formula is C40H26ClFN4O12. The first-order valence-corrected chi connectivity index (χ1v) is 17.2. The number of esters is 4. The highest BCUT2D eigenvalue weighted by Crippen LogP contribution is 2.29. The van der Waals surface area contributed by atoms with Crippen molar-refractivity contribution in [3.05, 3.63) is 175 Å². The van der Waals surface area contributed by atoms with Crippen molar-refractivity contribution in [1.29, 1.82) is 0 Å². The fourth-order valence-corrected chi connectivity index (χ4v) is 5.09. The Morgan fingerprint density at radius 1 is 0.655 bits per heavy atom. The number of halogens is 2. The van der Waals surface area contributed by atoms with E-state index in [1.165, 1.54) is 42.5 Å². The van der Waals surface area contributed by atoms with Crippen molar-refractivity contribution in [1.82, 2.24) is 19.1 Å². The van der Waals surface area contributed by atoms with Crippen LogP contribution in [-0.4, -0.2) is 55.5 Å². The van der Waals surface area contributed by atoms with Crippen molar-refractivity contribution in [3.8, 4) is 23.4 Å². The average Bonchev–Trinajstić information content (AvgIpc) is 3.23. The second kappa shape index (κ2) is 17.9. The van der Waals surface area contributed by atoms with Gasteiger partial charge in [0.05, 0.1) is 34.6 Å². The van der Waals surface area contributed by atoms with Crippen molar-refractivity contribution in [2.75, 3.05) is 6.61 Å². The zero-order chi connectivity index (χ0) is 41.3. The molecule has 0 fully saturated rings. The normalized spacial score (nSPS) is 10.7. The van der Waals surface area contributed by atoms with Gasteiger partial charge in [-0.25, -0.2) is 29.0 Å². The first kappa shape index (κ1) is 40.0. The molecule has 58 heavy (non-hydrogen) atoms. The molecule has 3 aromatic heterocycles. The van der Waals surface area contributed by atoms with E-state index in [0.717, 1.165) is 30.5 Å². The van der Waals surface area contributed by atoms with E-state index < -0.39 is 71.2 Å². The second-order valence-corrected chi connectivity index (χ2v) is 12.1. The van der Waals surface area contributed by atoms with Gasteiger partial charge >= 0.3 is 29.6 Å². The highest BCUT2D eigenvalue weighted by atomic mass is 35.5. The minimum absolute atomic E-state index is 0.0649. The molecule has 0 unspecified atom stereocenters. The summed E-state index contributed by atoms with van der Waals surface area (Å²) in [4.78, 5) is 98.7. The fourth-order valence-electron chi connectivity index (χ4n) is 4.95. The SMILES string of the molecule is CCOCn1cc(F)c(=O)n(C(=O)c2cccc(C(=O)Oc3cc(OC(=O)c4cc(OC(=O)c5ccccc5)nc(OC(=O)c5ccccc5)c4)c(Cl)cn3)c2)c1=O. The van der Waals surface area contributed by atoms with Crippen molar-refractivity contribution in [2.45, 2.75) is 13.7 Å². The third-order valence-corrected chi connectivity index (χ3v) is 8.00. The molecule has 6 aromatic rings. The van der Waals surface area contributed by atoms with Gasteiger partial charge in [-0.05, 0) is 49.4 Å². The lowest BCUT2D eigenvalue weighted by Crippen LogP contribution is -2.45. The molecule has 0 spiro atoms. The van der Waals surface area contributed by atoms with Crippen LogP contribution in [0.4, 0.5) is 4.39 Å². The summed E-state index contributed by atoms with van der Waals surface area (Å²) < 4.78 is 41.7. The standard InChI is InChI=1S/C40H26ClFN4O12/c1-2-54-22-45-21-29(42)35(48)46(40(45)53)34(47)25-14-9-15-26(16-25)38(51)56-31-19-30(28(41)20-43-31)55-39(52)27-17-32(57-36(49)23-10-5-3-6-11-23)44-33(18-27)58-37(50)24-12-7-4-8-13-24/h3-21H,2,22H2,1H3. The number of pyridine rings is 2. The van der Waals surface area contributed by atoms with Crippen molar-refractivity contribution < 1.29 is 52.0 Å². The lowest BCUT2D eigenvalue weighted by atomic mass is 10.1. The largest absolute Gasteiger partial charge is 0.421 e. The van der Waals surface area contributed by atoms with Crippen LogP contribution in [0.25, 0.3) is 0 Å². The number of aromatic nitrogens is 4. The van der Waals surface area contributed by atoms with Gasteiger partial charge in [0.1, 0.15) is 11.8 Å². The van der Waals surface area contributed by atoms with Crippen molar-refractivity contribution >= 4 is 41.4 Å². The molecular weight excluding hydrogens is 783 g/mol. The van der Waals surface area contributed by atoms with E-state index in [-0.39, 0.29) is 49.8 Å². The Hall–Kier alpha value is -7.63. The van der Waals surface area contributed by atoms with Gasteiger partial charge in [0.25, 0.3) is 11.5 Å². The Labute approximate surface area is 330 Å². The van der Waals surface area contributed by atoms with Crippen LogP contribution in [0.1, 0.15) is 58.7 Å². The van der Waals surface area contributed by atoms with E-state index in [2.05, 4.69) is 9.97 Å². The molecule has 0 bridgehead atoms. The topological polar surface area (TPSA) is 201 Å². The molecule has 292 valence electrons. The molecule has 0 aliphatic carbocycles. The molecule has 0 aliphatic rings. The van der Waals surface area contributed by atoms with Crippen LogP contribution in [0.15, 0.2) is 125 Å². The highest BCUT2D eigenvalue weighted by molar-refractivity contribution is 6.32. The number of nitrogens with zero attached hydrogens (tertiary/aromatic N) is 4. The van der Waals surface area contributed by atoms with Gasteiger partial charge in [-0.3, -0.25) is 14.2 Å². The molecule has 0 N–H and O–H groups in total. The smallest absolute Gasteiger partial charge is 0.344 e. The Kier molecular flexibility index (Phi) is 12.3. The minimum atomic E-state index is -1.51. The molecule has 18 heteroatoms. The highest BCUT2D eigenvalue weighted by Gasteiger charge is 2.23. The summed E-state index contributed by atoms with van der Waals surface area (Å²) in [5.41, 5.74) is -3.28. The Morgan fingerprint density at radius 3 is 1.79 bits per heavy atom. The van der Waals surface area contributed by atoms with Crippen LogP contribution < -0.4 is 30.2 Å². The lowest BCUT2D eigenvalue weighted by molar-refractivity contribution is 0.0690. The van der Waals surface area contributed by atoms with E-state index in [4.69, 9.17) is 35.3 Å². The van der Waals surface area contributed by atoms with Crippen LogP contribution in [0, 0.1) is 5.82 Å². The number of hydrogen-bond donors (Lipinski definition) is 0.